The van der Waals surface area contributed by atoms with Crippen molar-refractivity contribution in [3.63, 3.8) is 0 Å². The fraction of sp³-hybridized carbons (Fsp3) is 0.333. The summed E-state index contributed by atoms with van der Waals surface area (Å²) in [7, 11) is 0. The topological polar surface area (TPSA) is 51.7 Å². The van der Waals surface area contributed by atoms with Crippen LogP contribution in [0.3, 0.4) is 0 Å². The second-order valence-corrected chi connectivity index (χ2v) is 7.72. The van der Waals surface area contributed by atoms with E-state index in [2.05, 4.69) is 4.98 Å². The van der Waals surface area contributed by atoms with Crippen LogP contribution in [-0.4, -0.2) is 36.8 Å². The normalized spacial score (nSPS) is 16.3. The Kier molecular flexibility index (Phi) is 5.73. The molecule has 0 spiro atoms. The zero-order valence-electron chi connectivity index (χ0n) is 15.9. The van der Waals surface area contributed by atoms with E-state index in [0.717, 1.165) is 29.7 Å². The molecule has 29 heavy (non-hydrogen) atoms. The van der Waals surface area contributed by atoms with E-state index in [1.165, 1.54) is 16.2 Å². The molecule has 1 saturated heterocycles. The van der Waals surface area contributed by atoms with Crippen molar-refractivity contribution in [2.75, 3.05) is 24.7 Å². The molecule has 0 radical (unpaired) electrons. The molecule has 4 rings (SSSR count). The molecule has 1 amide bonds. The molecule has 1 unspecified atom stereocenters. The van der Waals surface area contributed by atoms with Gasteiger partial charge >= 0.3 is 0 Å². The summed E-state index contributed by atoms with van der Waals surface area (Å²) in [6.45, 7) is 3.26. The smallest absolute Gasteiger partial charge is 0.263 e. The lowest BCUT2D eigenvalue weighted by molar-refractivity contribution is 0.0914. The minimum atomic E-state index is -0.900. The molecule has 1 aliphatic rings. The maximum Gasteiger partial charge on any atom is 0.263 e. The van der Waals surface area contributed by atoms with Crippen molar-refractivity contribution in [3.05, 3.63) is 53.6 Å². The Balaban J connectivity index is 1.75. The maximum atomic E-state index is 14.3. The van der Waals surface area contributed by atoms with E-state index in [0.29, 0.717) is 35.7 Å². The zero-order chi connectivity index (χ0) is 20.4. The number of carbonyl (C=O) groups is 1. The number of rotatable bonds is 6. The highest BCUT2D eigenvalue weighted by molar-refractivity contribution is 7.22. The third-order valence-corrected chi connectivity index (χ3v) is 5.76. The number of carbonyl (C=O) groups excluding carboxylic acids is 1. The number of anilines is 1. The Morgan fingerprint density at radius 3 is 2.93 bits per heavy atom. The Labute approximate surface area is 170 Å². The van der Waals surface area contributed by atoms with Crippen LogP contribution in [-0.2, 0) is 4.74 Å². The van der Waals surface area contributed by atoms with E-state index in [9.17, 15) is 13.6 Å². The molecule has 2 heterocycles. The van der Waals surface area contributed by atoms with Crippen LogP contribution < -0.4 is 9.64 Å². The van der Waals surface area contributed by atoms with Gasteiger partial charge in [0.1, 0.15) is 22.9 Å². The van der Waals surface area contributed by atoms with Gasteiger partial charge in [-0.1, -0.05) is 17.4 Å². The first-order valence-electron chi connectivity index (χ1n) is 9.47. The highest BCUT2D eigenvalue weighted by Gasteiger charge is 2.29. The van der Waals surface area contributed by atoms with Gasteiger partial charge in [-0.15, -0.1) is 0 Å². The number of fused-ring (bicyclic) bond motifs is 1. The van der Waals surface area contributed by atoms with Gasteiger partial charge in [-0.05, 0) is 44.0 Å². The lowest BCUT2D eigenvalue weighted by Crippen LogP contribution is -2.38. The van der Waals surface area contributed by atoms with Gasteiger partial charge in [-0.2, -0.15) is 0 Å². The number of aromatic nitrogens is 1. The van der Waals surface area contributed by atoms with Gasteiger partial charge in [0.15, 0.2) is 5.13 Å². The highest BCUT2D eigenvalue weighted by atomic mass is 32.1. The summed E-state index contributed by atoms with van der Waals surface area (Å²) in [4.78, 5) is 19.2. The first kappa shape index (κ1) is 19.7. The number of para-hydroxylation sites is 1. The zero-order valence-corrected chi connectivity index (χ0v) is 16.7. The van der Waals surface area contributed by atoms with Crippen LogP contribution in [0.5, 0.6) is 5.75 Å². The van der Waals surface area contributed by atoms with Gasteiger partial charge < -0.3 is 9.47 Å². The van der Waals surface area contributed by atoms with Crippen LogP contribution >= 0.6 is 11.3 Å². The largest absolute Gasteiger partial charge is 0.492 e. The number of amides is 1. The number of thiazole rings is 1. The lowest BCUT2D eigenvalue weighted by atomic mass is 10.1. The number of ether oxygens (including phenoxy) is 2. The van der Waals surface area contributed by atoms with Crippen molar-refractivity contribution >= 4 is 32.6 Å². The lowest BCUT2D eigenvalue weighted by Gasteiger charge is -2.23. The van der Waals surface area contributed by atoms with E-state index < -0.39 is 17.5 Å². The van der Waals surface area contributed by atoms with Crippen LogP contribution in [0.15, 0.2) is 36.4 Å². The summed E-state index contributed by atoms with van der Waals surface area (Å²) in [5, 5.41) is 0.427. The Morgan fingerprint density at radius 1 is 1.34 bits per heavy atom. The molecular formula is C21H20F2N2O3S. The second-order valence-electron chi connectivity index (χ2n) is 6.71. The van der Waals surface area contributed by atoms with Gasteiger partial charge in [0.05, 0.1) is 29.5 Å². The van der Waals surface area contributed by atoms with E-state index in [1.54, 1.807) is 0 Å². The van der Waals surface area contributed by atoms with Crippen LogP contribution in [0.2, 0.25) is 0 Å². The van der Waals surface area contributed by atoms with Crippen LogP contribution in [0.4, 0.5) is 13.9 Å². The van der Waals surface area contributed by atoms with Gasteiger partial charge in [-0.3, -0.25) is 9.69 Å². The SMILES string of the molecule is CCOc1cccc2sc(N(CC3CCCO3)C(=O)c3ccc(F)cc3F)nc12. The summed E-state index contributed by atoms with van der Waals surface area (Å²) < 4.78 is 39.8. The summed E-state index contributed by atoms with van der Waals surface area (Å²) >= 11 is 1.32. The van der Waals surface area contributed by atoms with Crippen LogP contribution in [0.1, 0.15) is 30.1 Å². The Hall–Kier alpha value is -2.58. The number of hydrogen-bond donors (Lipinski definition) is 0. The standard InChI is InChI=1S/C21H20F2N2O3S/c1-2-27-17-6-3-7-18-19(17)24-21(29-18)25(12-14-5-4-10-28-14)20(26)15-9-8-13(22)11-16(15)23/h3,6-9,11,14H,2,4-5,10,12H2,1H3. The summed E-state index contributed by atoms with van der Waals surface area (Å²) in [6.07, 6.45) is 1.57. The minimum Gasteiger partial charge on any atom is -0.492 e. The molecular weight excluding hydrogens is 398 g/mol. The van der Waals surface area contributed by atoms with Crippen molar-refractivity contribution in [3.8, 4) is 5.75 Å². The number of hydrogen-bond acceptors (Lipinski definition) is 5. The molecule has 152 valence electrons. The highest BCUT2D eigenvalue weighted by Crippen LogP contribution is 2.35. The van der Waals surface area contributed by atoms with Crippen LogP contribution in [0, 0.1) is 11.6 Å². The van der Waals surface area contributed by atoms with Gasteiger partial charge in [0.25, 0.3) is 5.91 Å². The molecule has 1 aliphatic heterocycles. The molecule has 5 nitrogen and oxygen atoms in total. The molecule has 0 saturated carbocycles. The summed E-state index contributed by atoms with van der Waals surface area (Å²) in [5.41, 5.74) is 0.452. The van der Waals surface area contributed by atoms with Crippen molar-refractivity contribution in [1.82, 2.24) is 4.98 Å². The predicted octanol–water partition coefficient (Wildman–Crippen LogP) is 4.80. The van der Waals surface area contributed by atoms with E-state index in [-0.39, 0.29) is 18.2 Å². The Bertz CT molecular complexity index is 1030. The quantitative estimate of drug-likeness (QED) is 0.577. The first-order chi connectivity index (χ1) is 14.1. The molecule has 8 heteroatoms. The molecule has 1 atom stereocenters. The van der Waals surface area contributed by atoms with Gasteiger partial charge in [-0.25, -0.2) is 13.8 Å². The predicted molar refractivity (Wildman–Crippen MR) is 108 cm³/mol. The second kappa shape index (κ2) is 8.42. The average Bonchev–Trinajstić information content (AvgIpc) is 3.36. The van der Waals surface area contributed by atoms with E-state index >= 15 is 0 Å². The van der Waals surface area contributed by atoms with Gasteiger partial charge in [0, 0.05) is 12.7 Å². The monoisotopic (exact) mass is 418 g/mol. The fourth-order valence-electron chi connectivity index (χ4n) is 3.35. The fourth-order valence-corrected chi connectivity index (χ4v) is 4.34. The van der Waals surface area contributed by atoms with Crippen molar-refractivity contribution in [2.24, 2.45) is 0 Å². The number of benzene rings is 2. The van der Waals surface area contributed by atoms with E-state index in [1.807, 2.05) is 25.1 Å². The molecule has 3 aromatic rings. The molecule has 0 N–H and O–H groups in total. The van der Waals surface area contributed by atoms with Crippen molar-refractivity contribution < 1.29 is 23.0 Å². The third-order valence-electron chi connectivity index (χ3n) is 4.72. The molecule has 1 aromatic heterocycles. The van der Waals surface area contributed by atoms with Crippen LogP contribution in [0.25, 0.3) is 10.2 Å². The van der Waals surface area contributed by atoms with Gasteiger partial charge in [0.2, 0.25) is 0 Å². The third kappa shape index (κ3) is 4.09. The minimum absolute atomic E-state index is 0.152. The maximum absolute atomic E-state index is 14.3. The number of halogens is 2. The average molecular weight is 418 g/mol. The molecule has 0 aliphatic carbocycles. The summed E-state index contributed by atoms with van der Waals surface area (Å²) in [6, 6.07) is 8.53. The first-order valence-corrected chi connectivity index (χ1v) is 10.3. The van der Waals surface area contributed by atoms with Crippen molar-refractivity contribution in [2.45, 2.75) is 25.9 Å². The van der Waals surface area contributed by atoms with E-state index in [4.69, 9.17) is 9.47 Å². The summed E-state index contributed by atoms with van der Waals surface area (Å²) in [5.74, 6) is -1.57. The number of nitrogens with zero attached hydrogens (tertiary/aromatic N) is 2. The van der Waals surface area contributed by atoms with Crippen molar-refractivity contribution in [1.29, 1.82) is 0 Å². The molecule has 1 fully saturated rings. The Morgan fingerprint density at radius 2 is 2.21 bits per heavy atom. The molecule has 0 bridgehead atoms. The molecule has 2 aromatic carbocycles.